The highest BCUT2D eigenvalue weighted by Gasteiger charge is 2.21. The Morgan fingerprint density at radius 3 is 2.52 bits per heavy atom. The Bertz CT molecular complexity index is 1430. The summed E-state index contributed by atoms with van der Waals surface area (Å²) < 4.78 is 7.42. The van der Waals surface area contributed by atoms with E-state index in [9.17, 15) is 14.9 Å². The molecular weight excluding hydrogens is 488 g/mol. The van der Waals surface area contributed by atoms with E-state index in [0.29, 0.717) is 32.3 Å². The van der Waals surface area contributed by atoms with Gasteiger partial charge in [-0.15, -0.1) is 0 Å². The zero-order chi connectivity index (χ0) is 23.5. The molecule has 1 heterocycles. The Labute approximate surface area is 197 Å². The van der Waals surface area contributed by atoms with Crippen molar-refractivity contribution in [3.8, 4) is 17.1 Å². The lowest BCUT2D eigenvalue weighted by Gasteiger charge is -2.13. The van der Waals surface area contributed by atoms with Crippen LogP contribution in [0.3, 0.4) is 0 Å². The molecule has 9 heteroatoms. The van der Waals surface area contributed by atoms with Crippen LogP contribution in [0.2, 0.25) is 0 Å². The first kappa shape index (κ1) is 22.3. The van der Waals surface area contributed by atoms with E-state index in [4.69, 9.17) is 4.74 Å². The summed E-state index contributed by atoms with van der Waals surface area (Å²) in [7, 11) is 0. The molecule has 166 valence electrons. The van der Waals surface area contributed by atoms with E-state index >= 15 is 0 Å². The van der Waals surface area contributed by atoms with Crippen LogP contribution < -0.4 is 10.3 Å². The lowest BCUT2D eigenvalue weighted by molar-refractivity contribution is -0.386. The first-order valence-corrected chi connectivity index (χ1v) is 10.9. The smallest absolute Gasteiger partial charge is 0.312 e. The number of ether oxygens (including phenoxy) is 1. The summed E-state index contributed by atoms with van der Waals surface area (Å²) in [5.74, 6) is 0.427. The third-order valence-electron chi connectivity index (χ3n) is 4.71. The minimum Gasteiger partial charge on any atom is -0.484 e. The Morgan fingerprint density at radius 1 is 1.12 bits per heavy atom. The second kappa shape index (κ2) is 9.33. The van der Waals surface area contributed by atoms with Crippen LogP contribution in [-0.4, -0.2) is 26.9 Å². The van der Waals surface area contributed by atoms with E-state index in [-0.39, 0.29) is 23.1 Å². The third kappa shape index (κ3) is 4.68. The molecule has 0 aliphatic rings. The van der Waals surface area contributed by atoms with Gasteiger partial charge in [0.2, 0.25) is 5.75 Å². The number of rotatable bonds is 6. The Morgan fingerprint density at radius 2 is 1.82 bits per heavy atom. The maximum Gasteiger partial charge on any atom is 0.312 e. The fourth-order valence-corrected chi connectivity index (χ4v) is 3.78. The molecule has 0 aliphatic carbocycles. The maximum atomic E-state index is 13.3. The monoisotopic (exact) mass is 506 g/mol. The standard InChI is InChI=1S/C24H19BrN4O4/c1-15(2)33-22-17(12-18(25)13-21(22)29(31)32)14-26-28-23(16-8-4-3-5-9-16)27-20-11-7-6-10-19(20)24(28)30/h3-15H,1-2H3. The highest BCUT2D eigenvalue weighted by Crippen LogP contribution is 2.34. The number of aromatic nitrogens is 2. The summed E-state index contributed by atoms with van der Waals surface area (Å²) >= 11 is 3.30. The number of hydrogen-bond donors (Lipinski definition) is 0. The van der Waals surface area contributed by atoms with E-state index in [2.05, 4.69) is 26.0 Å². The van der Waals surface area contributed by atoms with E-state index in [0.717, 1.165) is 0 Å². The quantitative estimate of drug-likeness (QED) is 0.198. The number of para-hydroxylation sites is 1. The first-order valence-electron chi connectivity index (χ1n) is 10.1. The molecule has 0 N–H and O–H groups in total. The topological polar surface area (TPSA) is 99.6 Å². The van der Waals surface area contributed by atoms with Crippen molar-refractivity contribution in [2.75, 3.05) is 0 Å². The zero-order valence-electron chi connectivity index (χ0n) is 17.8. The summed E-state index contributed by atoms with van der Waals surface area (Å²) in [5, 5.41) is 16.4. The normalized spacial score (nSPS) is 11.4. The van der Waals surface area contributed by atoms with E-state index < -0.39 is 4.92 Å². The predicted octanol–water partition coefficient (Wildman–Crippen LogP) is 5.40. The molecule has 0 aliphatic heterocycles. The van der Waals surface area contributed by atoms with Gasteiger partial charge in [-0.05, 0) is 32.0 Å². The molecule has 33 heavy (non-hydrogen) atoms. The number of nitro groups is 1. The molecule has 1 aromatic heterocycles. The highest BCUT2D eigenvalue weighted by molar-refractivity contribution is 9.10. The van der Waals surface area contributed by atoms with Crippen LogP contribution in [0.15, 0.2) is 81.1 Å². The maximum absolute atomic E-state index is 13.3. The van der Waals surface area contributed by atoms with Gasteiger partial charge in [-0.3, -0.25) is 14.9 Å². The summed E-state index contributed by atoms with van der Waals surface area (Å²) in [6.07, 6.45) is 1.07. The van der Waals surface area contributed by atoms with Gasteiger partial charge in [-0.25, -0.2) is 4.98 Å². The average Bonchev–Trinajstić information content (AvgIpc) is 2.79. The Kier molecular flexibility index (Phi) is 6.32. The van der Waals surface area contributed by atoms with Gasteiger partial charge in [-0.2, -0.15) is 9.78 Å². The molecular formula is C24H19BrN4O4. The number of halogens is 1. The molecule has 0 radical (unpaired) electrons. The van der Waals surface area contributed by atoms with Crippen molar-refractivity contribution in [3.63, 3.8) is 0 Å². The average molecular weight is 507 g/mol. The second-order valence-electron chi connectivity index (χ2n) is 7.45. The third-order valence-corrected chi connectivity index (χ3v) is 5.17. The van der Waals surface area contributed by atoms with E-state index in [1.54, 1.807) is 38.1 Å². The van der Waals surface area contributed by atoms with E-state index in [1.165, 1.54) is 17.0 Å². The van der Waals surface area contributed by atoms with Crippen molar-refractivity contribution in [3.05, 3.63) is 97.2 Å². The van der Waals surface area contributed by atoms with Crippen molar-refractivity contribution in [2.45, 2.75) is 20.0 Å². The number of nitro benzene ring substituents is 1. The number of benzene rings is 3. The van der Waals surface area contributed by atoms with Crippen molar-refractivity contribution in [2.24, 2.45) is 5.10 Å². The van der Waals surface area contributed by atoms with Crippen molar-refractivity contribution >= 4 is 38.7 Å². The van der Waals surface area contributed by atoms with Gasteiger partial charge >= 0.3 is 5.69 Å². The molecule has 0 atom stereocenters. The number of fused-ring (bicyclic) bond motifs is 1. The van der Waals surface area contributed by atoms with Crippen LogP contribution in [0.1, 0.15) is 19.4 Å². The van der Waals surface area contributed by atoms with Crippen LogP contribution in [-0.2, 0) is 0 Å². The van der Waals surface area contributed by atoms with Gasteiger partial charge in [0, 0.05) is 21.7 Å². The molecule has 0 unspecified atom stereocenters. The fourth-order valence-electron chi connectivity index (χ4n) is 3.32. The molecule has 0 saturated carbocycles. The molecule has 4 aromatic rings. The largest absolute Gasteiger partial charge is 0.484 e. The fraction of sp³-hybridized carbons (Fsp3) is 0.125. The Balaban J connectivity index is 1.95. The van der Waals surface area contributed by atoms with Gasteiger partial charge < -0.3 is 4.74 Å². The van der Waals surface area contributed by atoms with Crippen LogP contribution >= 0.6 is 15.9 Å². The number of nitrogens with zero attached hydrogens (tertiary/aromatic N) is 4. The lowest BCUT2D eigenvalue weighted by atomic mass is 10.2. The van der Waals surface area contributed by atoms with Crippen LogP contribution in [0.5, 0.6) is 5.75 Å². The predicted molar refractivity (Wildman–Crippen MR) is 131 cm³/mol. The summed E-state index contributed by atoms with van der Waals surface area (Å²) in [6.45, 7) is 3.55. The molecule has 0 spiro atoms. The van der Waals surface area contributed by atoms with Gasteiger partial charge in [0.25, 0.3) is 5.56 Å². The minimum absolute atomic E-state index is 0.0741. The van der Waals surface area contributed by atoms with Gasteiger partial charge in [0.15, 0.2) is 5.82 Å². The molecule has 0 bridgehead atoms. The summed E-state index contributed by atoms with van der Waals surface area (Å²) in [6, 6.07) is 19.3. The highest BCUT2D eigenvalue weighted by atomic mass is 79.9. The van der Waals surface area contributed by atoms with Gasteiger partial charge in [0.05, 0.1) is 28.1 Å². The first-order chi connectivity index (χ1) is 15.8. The summed E-state index contributed by atoms with van der Waals surface area (Å²) in [5.41, 5.74) is 1.05. The van der Waals surface area contributed by atoms with Gasteiger partial charge in [0.1, 0.15) is 0 Å². The molecule has 4 rings (SSSR count). The van der Waals surface area contributed by atoms with Crippen LogP contribution in [0.25, 0.3) is 22.3 Å². The van der Waals surface area contributed by atoms with Crippen LogP contribution in [0.4, 0.5) is 5.69 Å². The molecule has 8 nitrogen and oxygen atoms in total. The molecule has 0 fully saturated rings. The van der Waals surface area contributed by atoms with Crippen LogP contribution in [0, 0.1) is 10.1 Å². The molecule has 0 saturated heterocycles. The number of hydrogen-bond acceptors (Lipinski definition) is 6. The van der Waals surface area contributed by atoms with Crippen molar-refractivity contribution < 1.29 is 9.66 Å². The van der Waals surface area contributed by atoms with E-state index in [1.807, 2.05) is 36.4 Å². The lowest BCUT2D eigenvalue weighted by Crippen LogP contribution is -2.20. The Hall–Kier alpha value is -3.85. The van der Waals surface area contributed by atoms with Crippen molar-refractivity contribution in [1.29, 1.82) is 0 Å². The molecule has 0 amide bonds. The SMILES string of the molecule is CC(C)Oc1c(C=Nn2c(-c3ccccc3)nc3ccccc3c2=O)cc(Br)cc1[N+](=O)[O-]. The minimum atomic E-state index is -0.515. The molecule has 3 aromatic carbocycles. The summed E-state index contributed by atoms with van der Waals surface area (Å²) in [4.78, 5) is 29.1. The van der Waals surface area contributed by atoms with Gasteiger partial charge in [-0.1, -0.05) is 58.4 Å². The van der Waals surface area contributed by atoms with Crippen molar-refractivity contribution in [1.82, 2.24) is 9.66 Å². The second-order valence-corrected chi connectivity index (χ2v) is 8.36. The zero-order valence-corrected chi connectivity index (χ0v) is 19.4.